The second kappa shape index (κ2) is 7.69. The molecular weight excluding hydrogens is 408 g/mol. The number of nitrogens with zero attached hydrogens (tertiary/aromatic N) is 5. The Morgan fingerprint density at radius 3 is 2.93 bits per heavy atom. The fourth-order valence-corrected chi connectivity index (χ4v) is 4.97. The van der Waals surface area contributed by atoms with Crippen LogP contribution in [0, 0.1) is 0 Å². The quantitative estimate of drug-likeness (QED) is 0.684. The Hall–Kier alpha value is -2.56. The number of hydrogen-bond donors (Lipinski definition) is 1. The Labute approximate surface area is 176 Å². The van der Waals surface area contributed by atoms with Crippen LogP contribution in [0.5, 0.6) is 5.75 Å². The Morgan fingerprint density at radius 2 is 2.07 bits per heavy atom. The molecule has 1 N–H and O–H groups in total. The van der Waals surface area contributed by atoms with Gasteiger partial charge in [0.1, 0.15) is 16.5 Å². The largest absolute Gasteiger partial charge is 0.493 e. The minimum Gasteiger partial charge on any atom is -0.493 e. The molecule has 0 atom stereocenters. The minimum atomic E-state index is -0.266. The maximum Gasteiger partial charge on any atom is 0.276 e. The van der Waals surface area contributed by atoms with E-state index in [1.807, 2.05) is 12.1 Å². The van der Waals surface area contributed by atoms with E-state index in [-0.39, 0.29) is 5.91 Å². The van der Waals surface area contributed by atoms with Crippen molar-refractivity contribution >= 4 is 38.8 Å². The highest BCUT2D eigenvalue weighted by atomic mass is 32.1. The van der Waals surface area contributed by atoms with E-state index < -0.39 is 0 Å². The number of anilines is 2. The number of nitrogens with one attached hydrogen (secondary N) is 1. The summed E-state index contributed by atoms with van der Waals surface area (Å²) in [5, 5.41) is 15.1. The summed E-state index contributed by atoms with van der Waals surface area (Å²) in [7, 11) is 2.11. The van der Waals surface area contributed by atoms with Crippen molar-refractivity contribution in [2.75, 3.05) is 50.1 Å². The van der Waals surface area contributed by atoms with Crippen molar-refractivity contribution in [1.82, 2.24) is 20.1 Å². The zero-order valence-corrected chi connectivity index (χ0v) is 17.6. The molecule has 5 rings (SSSR count). The smallest absolute Gasteiger partial charge is 0.276 e. The van der Waals surface area contributed by atoms with E-state index in [1.54, 1.807) is 5.38 Å². The number of likely N-dealkylation sites (N-methyl/N-ethyl adjacent to an activating group) is 1. The van der Waals surface area contributed by atoms with Gasteiger partial charge in [0, 0.05) is 43.5 Å². The average molecular weight is 429 g/mol. The third-order valence-electron chi connectivity index (χ3n) is 5.08. The van der Waals surface area contributed by atoms with Crippen LogP contribution in [-0.4, -0.2) is 65.8 Å². The average Bonchev–Trinajstić information content (AvgIpc) is 3.48. The Balaban J connectivity index is 1.26. The van der Waals surface area contributed by atoms with Crippen LogP contribution in [0.2, 0.25) is 0 Å². The van der Waals surface area contributed by atoms with Gasteiger partial charge in [0.25, 0.3) is 5.91 Å². The molecule has 0 saturated carbocycles. The number of benzene rings is 1. The summed E-state index contributed by atoms with van der Waals surface area (Å²) in [6.07, 6.45) is 0.911. The summed E-state index contributed by atoms with van der Waals surface area (Å²) in [6.45, 7) is 4.55. The van der Waals surface area contributed by atoms with Gasteiger partial charge >= 0.3 is 0 Å². The molecule has 0 aliphatic carbocycles. The lowest BCUT2D eigenvalue weighted by Crippen LogP contribution is -2.44. The Bertz CT molecular complexity index is 1040. The number of carbonyl (C=O) groups excluding carboxylic acids is 1. The fourth-order valence-electron chi connectivity index (χ4n) is 3.38. The molecule has 4 heterocycles. The highest BCUT2D eigenvalue weighted by Gasteiger charge is 2.20. The minimum absolute atomic E-state index is 0.266. The maximum atomic E-state index is 12.6. The number of amides is 1. The van der Waals surface area contributed by atoms with Gasteiger partial charge in [-0.15, -0.1) is 21.5 Å². The summed E-state index contributed by atoms with van der Waals surface area (Å²) in [4.78, 5) is 21.6. The summed E-state index contributed by atoms with van der Waals surface area (Å²) in [6, 6.07) is 6.05. The third-order valence-corrected chi connectivity index (χ3v) is 6.87. The van der Waals surface area contributed by atoms with Gasteiger partial charge in [-0.1, -0.05) is 11.3 Å². The molecule has 29 heavy (non-hydrogen) atoms. The second-order valence-corrected chi connectivity index (χ2v) is 8.91. The molecule has 1 saturated heterocycles. The topological polar surface area (TPSA) is 83.5 Å². The lowest BCUT2D eigenvalue weighted by atomic mass is 10.1. The van der Waals surface area contributed by atoms with Gasteiger partial charge in [0.15, 0.2) is 0 Å². The molecule has 2 aliphatic rings. The number of hydrogen-bond acceptors (Lipinski definition) is 9. The van der Waals surface area contributed by atoms with Crippen LogP contribution in [0.1, 0.15) is 16.1 Å². The molecule has 0 radical (unpaired) electrons. The molecule has 150 valence electrons. The molecule has 0 spiro atoms. The first kappa shape index (κ1) is 18.5. The number of aromatic nitrogens is 3. The van der Waals surface area contributed by atoms with Crippen molar-refractivity contribution in [2.45, 2.75) is 6.42 Å². The lowest BCUT2D eigenvalue weighted by Gasteiger charge is -2.31. The number of fused-ring (bicyclic) bond motifs is 1. The van der Waals surface area contributed by atoms with Crippen LogP contribution >= 0.6 is 22.7 Å². The van der Waals surface area contributed by atoms with E-state index >= 15 is 0 Å². The molecule has 0 unspecified atom stereocenters. The third kappa shape index (κ3) is 3.83. The predicted octanol–water partition coefficient (Wildman–Crippen LogP) is 2.60. The van der Waals surface area contributed by atoms with E-state index in [4.69, 9.17) is 4.74 Å². The summed E-state index contributed by atoms with van der Waals surface area (Å²) in [5.74, 6) is 0.675. The van der Waals surface area contributed by atoms with E-state index in [0.29, 0.717) is 10.8 Å². The van der Waals surface area contributed by atoms with Gasteiger partial charge in [0.2, 0.25) is 10.3 Å². The molecular formula is C19H20N6O2S2. The zero-order valence-electron chi connectivity index (χ0n) is 15.9. The SMILES string of the molecule is CN1CCN(c2nnc(NC(=O)c3csc(-c4ccc5c(c4)CCO5)n3)s2)CC1. The first-order chi connectivity index (χ1) is 14.2. The lowest BCUT2D eigenvalue weighted by molar-refractivity contribution is 0.102. The fraction of sp³-hybridized carbons (Fsp3) is 0.368. The summed E-state index contributed by atoms with van der Waals surface area (Å²) < 4.78 is 5.55. The van der Waals surface area contributed by atoms with Crippen LogP contribution in [0.3, 0.4) is 0 Å². The molecule has 1 aromatic carbocycles. The Kier molecular flexibility index (Phi) is 4.90. The highest BCUT2D eigenvalue weighted by Crippen LogP contribution is 2.32. The Morgan fingerprint density at radius 1 is 1.21 bits per heavy atom. The van der Waals surface area contributed by atoms with Crippen LogP contribution in [-0.2, 0) is 6.42 Å². The molecule has 2 aliphatic heterocycles. The van der Waals surface area contributed by atoms with Gasteiger partial charge < -0.3 is 14.5 Å². The molecule has 10 heteroatoms. The van der Waals surface area contributed by atoms with E-state index in [9.17, 15) is 4.79 Å². The molecule has 1 fully saturated rings. The van der Waals surface area contributed by atoms with Crippen molar-refractivity contribution in [3.05, 3.63) is 34.8 Å². The van der Waals surface area contributed by atoms with Crippen LogP contribution in [0.15, 0.2) is 23.6 Å². The number of ether oxygens (including phenoxy) is 1. The monoisotopic (exact) mass is 428 g/mol. The zero-order chi connectivity index (χ0) is 19.8. The molecule has 1 amide bonds. The standard InChI is InChI=1S/C19H20N6O2S2/c1-24-5-7-25(8-6-24)19-23-22-18(29-19)21-16(26)14-11-28-17(20-14)13-2-3-15-12(10-13)4-9-27-15/h2-3,10-11H,4-9H2,1H3,(H,21,22,26). The molecule has 8 nitrogen and oxygen atoms in total. The van der Waals surface area contributed by atoms with E-state index in [2.05, 4.69) is 43.4 Å². The van der Waals surface area contributed by atoms with Crippen molar-refractivity contribution in [3.63, 3.8) is 0 Å². The number of thiazole rings is 1. The summed E-state index contributed by atoms with van der Waals surface area (Å²) in [5.41, 5.74) is 2.58. The first-order valence-corrected chi connectivity index (χ1v) is 11.2. The first-order valence-electron chi connectivity index (χ1n) is 9.46. The maximum absolute atomic E-state index is 12.6. The van der Waals surface area contributed by atoms with Crippen molar-refractivity contribution in [3.8, 4) is 16.3 Å². The van der Waals surface area contributed by atoms with Crippen LogP contribution in [0.25, 0.3) is 10.6 Å². The summed E-state index contributed by atoms with van der Waals surface area (Å²) >= 11 is 2.85. The highest BCUT2D eigenvalue weighted by molar-refractivity contribution is 7.19. The molecule has 2 aromatic heterocycles. The second-order valence-electron chi connectivity index (χ2n) is 7.09. The molecule has 3 aromatic rings. The number of piperazine rings is 1. The van der Waals surface area contributed by atoms with Gasteiger partial charge in [0.05, 0.1) is 6.61 Å². The van der Waals surface area contributed by atoms with Gasteiger partial charge in [-0.3, -0.25) is 10.1 Å². The van der Waals surface area contributed by atoms with E-state index in [1.165, 1.54) is 28.2 Å². The van der Waals surface area contributed by atoms with Gasteiger partial charge in [-0.2, -0.15) is 0 Å². The van der Waals surface area contributed by atoms with E-state index in [0.717, 1.165) is 60.7 Å². The normalized spacial score (nSPS) is 16.5. The van der Waals surface area contributed by atoms with Crippen LogP contribution < -0.4 is 15.0 Å². The van der Waals surface area contributed by atoms with Crippen molar-refractivity contribution < 1.29 is 9.53 Å². The van der Waals surface area contributed by atoms with Crippen molar-refractivity contribution in [2.24, 2.45) is 0 Å². The molecule has 0 bridgehead atoms. The number of rotatable bonds is 4. The van der Waals surface area contributed by atoms with Crippen molar-refractivity contribution in [1.29, 1.82) is 0 Å². The van der Waals surface area contributed by atoms with Gasteiger partial charge in [-0.05, 0) is 30.8 Å². The van der Waals surface area contributed by atoms with Crippen LogP contribution in [0.4, 0.5) is 10.3 Å². The number of carbonyl (C=O) groups is 1. The predicted molar refractivity (Wildman–Crippen MR) is 114 cm³/mol. The van der Waals surface area contributed by atoms with Gasteiger partial charge in [-0.25, -0.2) is 4.98 Å².